The van der Waals surface area contributed by atoms with Gasteiger partial charge in [0.05, 0.1) is 12.4 Å². The highest BCUT2D eigenvalue weighted by Crippen LogP contribution is 2.19. The molecule has 45 heavy (non-hydrogen) atoms. The van der Waals surface area contributed by atoms with Gasteiger partial charge >= 0.3 is 11.9 Å². The second-order valence-corrected chi connectivity index (χ2v) is 10.6. The number of H-pyrrole nitrogens is 2. The molecule has 4 unspecified atom stereocenters. The van der Waals surface area contributed by atoms with Crippen LogP contribution in [0.2, 0.25) is 0 Å². The molecule has 2 aromatic heterocycles. The first-order chi connectivity index (χ1) is 21.6. The van der Waals surface area contributed by atoms with Crippen LogP contribution < -0.4 is 21.7 Å². The van der Waals surface area contributed by atoms with E-state index in [1.807, 2.05) is 54.6 Å². The van der Waals surface area contributed by atoms with Crippen molar-refractivity contribution < 1.29 is 34.2 Å². The fraction of sp³-hybridized carbons (Fsp3) is 0.290. The fourth-order valence-electron chi connectivity index (χ4n) is 4.86. The molecule has 0 saturated heterocycles. The molecule has 14 nitrogen and oxygen atoms in total. The molecule has 2 aromatic carbocycles. The second-order valence-electron chi connectivity index (χ2n) is 10.6. The Morgan fingerprint density at radius 2 is 1.42 bits per heavy atom. The van der Waals surface area contributed by atoms with Crippen LogP contribution in [0.3, 0.4) is 0 Å². The summed E-state index contributed by atoms with van der Waals surface area (Å²) in [4.78, 5) is 73.1. The number of nitrogens with two attached hydrogens (primary N) is 1. The number of hydrogen-bond acceptors (Lipinski definition) is 7. The highest BCUT2D eigenvalue weighted by atomic mass is 16.4. The fourth-order valence-corrected chi connectivity index (χ4v) is 4.86. The minimum atomic E-state index is -1.51. The zero-order valence-corrected chi connectivity index (χ0v) is 24.2. The minimum Gasteiger partial charge on any atom is -0.481 e. The molecule has 0 aliphatic rings. The molecule has 0 bridgehead atoms. The van der Waals surface area contributed by atoms with Crippen molar-refractivity contribution >= 4 is 40.6 Å². The van der Waals surface area contributed by atoms with Crippen LogP contribution in [0, 0.1) is 0 Å². The number of hydrogen-bond donors (Lipinski definition) is 8. The monoisotopic (exact) mass is 617 g/mol. The van der Waals surface area contributed by atoms with Crippen LogP contribution in [-0.4, -0.2) is 79.0 Å². The Bertz CT molecular complexity index is 1620. The summed E-state index contributed by atoms with van der Waals surface area (Å²) in [6, 6.07) is 11.7. The summed E-state index contributed by atoms with van der Waals surface area (Å²) in [7, 11) is 0. The molecular formula is C31H35N7O7. The van der Waals surface area contributed by atoms with Crippen LogP contribution in [-0.2, 0) is 43.2 Å². The lowest BCUT2D eigenvalue weighted by Crippen LogP contribution is -2.58. The number of nitrogens with one attached hydrogen (secondary N) is 5. The van der Waals surface area contributed by atoms with Gasteiger partial charge in [0.2, 0.25) is 17.7 Å². The Labute approximate surface area is 257 Å². The minimum absolute atomic E-state index is 0.0500. The zero-order valence-electron chi connectivity index (χ0n) is 24.2. The number of benzene rings is 2. The van der Waals surface area contributed by atoms with E-state index in [0.29, 0.717) is 5.69 Å². The molecular weight excluding hydrogens is 582 g/mol. The number of carboxylic acids is 2. The summed E-state index contributed by atoms with van der Waals surface area (Å²) in [6.07, 6.45) is 3.89. The van der Waals surface area contributed by atoms with Gasteiger partial charge in [-0.25, -0.2) is 9.78 Å². The number of aromatic nitrogens is 3. The Balaban J connectivity index is 1.56. The summed E-state index contributed by atoms with van der Waals surface area (Å²) < 4.78 is 0. The molecule has 14 heteroatoms. The molecule has 0 saturated carbocycles. The Morgan fingerprint density at radius 3 is 2.09 bits per heavy atom. The number of aliphatic carboxylic acids is 2. The van der Waals surface area contributed by atoms with Crippen LogP contribution in [0.25, 0.3) is 10.9 Å². The topological polar surface area (TPSA) is 232 Å². The predicted molar refractivity (Wildman–Crippen MR) is 163 cm³/mol. The van der Waals surface area contributed by atoms with E-state index in [9.17, 15) is 29.1 Å². The number of imidazole rings is 1. The molecule has 4 aromatic rings. The smallest absolute Gasteiger partial charge is 0.326 e. The average molecular weight is 618 g/mol. The number of nitrogens with zero attached hydrogens (tertiary/aromatic N) is 1. The van der Waals surface area contributed by atoms with E-state index in [1.165, 1.54) is 12.5 Å². The second kappa shape index (κ2) is 15.3. The summed E-state index contributed by atoms with van der Waals surface area (Å²) in [5, 5.41) is 27.1. The van der Waals surface area contributed by atoms with Gasteiger partial charge in [-0.1, -0.05) is 48.5 Å². The maximum absolute atomic E-state index is 13.8. The molecule has 4 atom stereocenters. The van der Waals surface area contributed by atoms with Gasteiger partial charge in [-0.2, -0.15) is 0 Å². The van der Waals surface area contributed by atoms with Crippen LogP contribution in [0.5, 0.6) is 0 Å². The molecule has 0 aliphatic carbocycles. The standard InChI is InChI=1S/C31H35N7O7/c32-22(12-18-6-2-1-3-7-18)28(41)37-25(13-19-15-34-23-9-5-4-8-21(19)23)29(42)38-26(14-20-16-33-17-35-20)30(43)36-24(31(44)45)10-11-27(39)40/h1-9,15-17,22,24-26,34H,10-14,32H2,(H,33,35)(H,36,43)(H,37,41)(H,38,42)(H,39,40)(H,44,45). The molecule has 0 aliphatic heterocycles. The van der Waals surface area contributed by atoms with Crippen molar-refractivity contribution in [1.29, 1.82) is 0 Å². The summed E-state index contributed by atoms with van der Waals surface area (Å²) in [6.45, 7) is 0. The Morgan fingerprint density at radius 1 is 0.778 bits per heavy atom. The van der Waals surface area contributed by atoms with E-state index in [0.717, 1.165) is 22.0 Å². The lowest BCUT2D eigenvalue weighted by Gasteiger charge is -2.25. The van der Waals surface area contributed by atoms with Gasteiger partial charge in [0.25, 0.3) is 0 Å². The van der Waals surface area contributed by atoms with Gasteiger partial charge in [-0.3, -0.25) is 19.2 Å². The Kier molecular flexibility index (Phi) is 11.0. The van der Waals surface area contributed by atoms with Crippen molar-refractivity contribution in [1.82, 2.24) is 30.9 Å². The maximum Gasteiger partial charge on any atom is 0.326 e. The van der Waals surface area contributed by atoms with Gasteiger partial charge in [0, 0.05) is 48.3 Å². The van der Waals surface area contributed by atoms with E-state index in [4.69, 9.17) is 10.8 Å². The Hall–Kier alpha value is -5.50. The van der Waals surface area contributed by atoms with Crippen molar-refractivity contribution in [3.05, 3.63) is 90.1 Å². The SMILES string of the molecule is NC(Cc1ccccc1)C(=O)NC(Cc1c[nH]c2ccccc12)C(=O)NC(Cc1cnc[nH]1)C(=O)NC(CCC(=O)O)C(=O)O. The zero-order chi connectivity index (χ0) is 32.3. The normalized spacial score (nSPS) is 13.7. The first kappa shape index (κ1) is 32.4. The predicted octanol–water partition coefficient (Wildman–Crippen LogP) is 0.650. The first-order valence-electron chi connectivity index (χ1n) is 14.3. The number of carbonyl (C=O) groups excluding carboxylic acids is 3. The number of carboxylic acid groups (broad SMARTS) is 2. The van der Waals surface area contributed by atoms with Crippen molar-refractivity contribution in [3.63, 3.8) is 0 Å². The number of rotatable bonds is 16. The van der Waals surface area contributed by atoms with E-state index < -0.39 is 60.2 Å². The van der Waals surface area contributed by atoms with Gasteiger partial charge < -0.3 is 41.9 Å². The third kappa shape index (κ3) is 9.24. The molecule has 3 amide bonds. The average Bonchev–Trinajstić information content (AvgIpc) is 3.68. The lowest BCUT2D eigenvalue weighted by atomic mass is 10.0. The molecule has 0 radical (unpaired) electrons. The highest BCUT2D eigenvalue weighted by molar-refractivity contribution is 5.95. The third-order valence-electron chi connectivity index (χ3n) is 7.24. The summed E-state index contributed by atoms with van der Waals surface area (Å²) in [5.74, 6) is -4.79. The van der Waals surface area contributed by atoms with Crippen molar-refractivity contribution in [2.45, 2.75) is 56.3 Å². The van der Waals surface area contributed by atoms with Crippen molar-refractivity contribution in [2.75, 3.05) is 0 Å². The molecule has 4 rings (SSSR count). The van der Waals surface area contributed by atoms with Crippen molar-refractivity contribution in [2.24, 2.45) is 5.73 Å². The summed E-state index contributed by atoms with van der Waals surface area (Å²) >= 11 is 0. The van der Waals surface area contributed by atoms with Gasteiger partial charge in [-0.05, 0) is 30.0 Å². The largest absolute Gasteiger partial charge is 0.481 e. The number of para-hydroxylation sites is 1. The molecule has 2 heterocycles. The van der Waals surface area contributed by atoms with Crippen LogP contribution in [0.4, 0.5) is 0 Å². The van der Waals surface area contributed by atoms with Crippen LogP contribution in [0.1, 0.15) is 29.7 Å². The van der Waals surface area contributed by atoms with Crippen LogP contribution in [0.15, 0.2) is 73.3 Å². The number of fused-ring (bicyclic) bond motifs is 1. The van der Waals surface area contributed by atoms with Gasteiger partial charge in [0.1, 0.15) is 18.1 Å². The highest BCUT2D eigenvalue weighted by Gasteiger charge is 2.31. The maximum atomic E-state index is 13.8. The third-order valence-corrected chi connectivity index (χ3v) is 7.24. The van der Waals surface area contributed by atoms with Crippen molar-refractivity contribution in [3.8, 4) is 0 Å². The van der Waals surface area contributed by atoms with Gasteiger partial charge in [0.15, 0.2) is 0 Å². The number of aromatic amines is 2. The number of carbonyl (C=O) groups is 5. The molecule has 0 spiro atoms. The molecule has 236 valence electrons. The molecule has 9 N–H and O–H groups in total. The molecule has 0 fully saturated rings. The van der Waals surface area contributed by atoms with E-state index in [1.54, 1.807) is 6.20 Å². The summed E-state index contributed by atoms with van der Waals surface area (Å²) in [5.41, 5.74) is 9.08. The van der Waals surface area contributed by atoms with E-state index in [2.05, 4.69) is 30.9 Å². The van der Waals surface area contributed by atoms with Crippen LogP contribution >= 0.6 is 0 Å². The first-order valence-corrected chi connectivity index (χ1v) is 14.3. The van der Waals surface area contributed by atoms with E-state index >= 15 is 0 Å². The quantitative estimate of drug-likeness (QED) is 0.0880. The van der Waals surface area contributed by atoms with Gasteiger partial charge in [-0.15, -0.1) is 0 Å². The lowest BCUT2D eigenvalue weighted by molar-refractivity contribution is -0.143. The van der Waals surface area contributed by atoms with E-state index in [-0.39, 0.29) is 25.7 Å². The number of amides is 3.